The van der Waals surface area contributed by atoms with Crippen LogP contribution in [0.2, 0.25) is 0 Å². The van der Waals surface area contributed by atoms with Crippen molar-refractivity contribution in [2.45, 2.75) is 39.3 Å². The Kier molecular flexibility index (Phi) is 3.74. The van der Waals surface area contributed by atoms with Crippen molar-refractivity contribution in [1.82, 2.24) is 10.3 Å². The molecule has 0 spiro atoms. The number of ether oxygens (including phenoxy) is 1. The summed E-state index contributed by atoms with van der Waals surface area (Å²) in [5.41, 5.74) is 5.76. The first-order chi connectivity index (χ1) is 7.28. The molecule has 0 aromatic carbocycles. The Morgan fingerprint density at radius 1 is 1.62 bits per heavy atom. The molecule has 0 aliphatic carbocycles. The monoisotopic (exact) mass is 243 g/mol. The van der Waals surface area contributed by atoms with E-state index in [1.54, 1.807) is 0 Å². The van der Waals surface area contributed by atoms with Crippen LogP contribution in [0.3, 0.4) is 0 Å². The molecule has 3 N–H and O–H groups in total. The second-order valence-electron chi connectivity index (χ2n) is 4.48. The number of nitrogens with one attached hydrogen (secondary N) is 1. The fourth-order valence-electron chi connectivity index (χ4n) is 1.06. The molecular formula is C10H17N3O2S. The number of thiazole rings is 1. The van der Waals surface area contributed by atoms with Crippen molar-refractivity contribution >= 4 is 22.6 Å². The summed E-state index contributed by atoms with van der Waals surface area (Å²) in [6.45, 7) is 7.28. The summed E-state index contributed by atoms with van der Waals surface area (Å²) in [5, 5.41) is 5.00. The average Bonchev–Trinajstić information content (AvgIpc) is 2.47. The molecule has 16 heavy (non-hydrogen) atoms. The van der Waals surface area contributed by atoms with E-state index in [0.717, 1.165) is 5.69 Å². The number of aromatic nitrogens is 1. The molecule has 1 aromatic rings. The van der Waals surface area contributed by atoms with Gasteiger partial charge in [0, 0.05) is 5.38 Å². The summed E-state index contributed by atoms with van der Waals surface area (Å²) in [7, 11) is 0. The van der Waals surface area contributed by atoms with Crippen LogP contribution in [0.1, 0.15) is 39.4 Å². The van der Waals surface area contributed by atoms with Crippen LogP contribution >= 0.6 is 11.3 Å². The normalized spacial score (nSPS) is 13.2. The van der Waals surface area contributed by atoms with Gasteiger partial charge in [0.25, 0.3) is 0 Å². The van der Waals surface area contributed by atoms with Gasteiger partial charge >= 0.3 is 6.09 Å². The minimum Gasteiger partial charge on any atom is -0.444 e. The molecule has 1 amide bonds. The number of rotatable bonds is 2. The highest BCUT2D eigenvalue weighted by Gasteiger charge is 2.19. The van der Waals surface area contributed by atoms with Crippen LogP contribution in [-0.2, 0) is 4.74 Å². The number of nitrogens with zero attached hydrogens (tertiary/aromatic N) is 1. The van der Waals surface area contributed by atoms with Gasteiger partial charge in [-0.2, -0.15) is 0 Å². The zero-order chi connectivity index (χ0) is 12.3. The summed E-state index contributed by atoms with van der Waals surface area (Å²) in [5.74, 6) is 0. The smallest absolute Gasteiger partial charge is 0.408 e. The van der Waals surface area contributed by atoms with Gasteiger partial charge < -0.3 is 15.8 Å². The lowest BCUT2D eigenvalue weighted by molar-refractivity contribution is 0.0507. The van der Waals surface area contributed by atoms with Crippen molar-refractivity contribution in [3.63, 3.8) is 0 Å². The minimum atomic E-state index is -0.495. The number of carbonyl (C=O) groups excluding carboxylic acids is 1. The lowest BCUT2D eigenvalue weighted by Gasteiger charge is -2.21. The van der Waals surface area contributed by atoms with Crippen molar-refractivity contribution in [3.8, 4) is 0 Å². The van der Waals surface area contributed by atoms with E-state index in [1.165, 1.54) is 11.3 Å². The van der Waals surface area contributed by atoms with Crippen molar-refractivity contribution in [2.24, 2.45) is 0 Å². The quantitative estimate of drug-likeness (QED) is 0.835. The number of nitrogens with two attached hydrogens (primary N) is 1. The standard InChI is InChI=1S/C10H17N3O2S/c1-6(7-5-16-8(11)13-7)12-9(14)15-10(2,3)4/h5-6H,1-4H3,(H2,11,13)(H,12,14)/t6-/m1/s1. The zero-order valence-corrected chi connectivity index (χ0v) is 10.7. The number of hydrogen-bond acceptors (Lipinski definition) is 5. The largest absolute Gasteiger partial charge is 0.444 e. The van der Waals surface area contributed by atoms with E-state index in [-0.39, 0.29) is 6.04 Å². The van der Waals surface area contributed by atoms with E-state index < -0.39 is 11.7 Å². The Bertz CT molecular complexity index is 370. The molecule has 0 aliphatic heterocycles. The van der Waals surface area contributed by atoms with Gasteiger partial charge in [0.2, 0.25) is 0 Å². The predicted molar refractivity (Wildman–Crippen MR) is 64.3 cm³/mol. The minimum absolute atomic E-state index is 0.205. The highest BCUT2D eigenvalue weighted by atomic mass is 32.1. The Morgan fingerprint density at radius 2 is 2.25 bits per heavy atom. The lowest BCUT2D eigenvalue weighted by Crippen LogP contribution is -2.34. The summed E-state index contributed by atoms with van der Waals surface area (Å²) < 4.78 is 5.13. The van der Waals surface area contributed by atoms with Gasteiger partial charge in [-0.1, -0.05) is 0 Å². The molecule has 0 radical (unpaired) electrons. The Hall–Kier alpha value is -1.30. The van der Waals surface area contributed by atoms with E-state index in [9.17, 15) is 4.79 Å². The summed E-state index contributed by atoms with van der Waals surface area (Å²) in [4.78, 5) is 15.5. The fourth-order valence-corrected chi connectivity index (χ4v) is 1.71. The summed E-state index contributed by atoms with van der Waals surface area (Å²) >= 11 is 1.35. The number of alkyl carbamates (subject to hydrolysis) is 1. The zero-order valence-electron chi connectivity index (χ0n) is 9.90. The molecule has 0 aliphatic rings. The van der Waals surface area contributed by atoms with Crippen molar-refractivity contribution in [2.75, 3.05) is 5.73 Å². The molecule has 1 atom stereocenters. The fraction of sp³-hybridized carbons (Fsp3) is 0.600. The van der Waals surface area contributed by atoms with Gasteiger partial charge in [-0.3, -0.25) is 0 Å². The number of anilines is 1. The number of nitrogen functional groups attached to an aromatic ring is 1. The van der Waals surface area contributed by atoms with E-state index in [2.05, 4.69) is 10.3 Å². The Labute approximate surface area is 99.0 Å². The summed E-state index contributed by atoms with van der Waals surface area (Å²) in [6.07, 6.45) is -0.452. The van der Waals surface area contributed by atoms with Crippen LogP contribution < -0.4 is 11.1 Å². The van der Waals surface area contributed by atoms with Gasteiger partial charge in [-0.25, -0.2) is 9.78 Å². The van der Waals surface area contributed by atoms with Crippen molar-refractivity contribution in [1.29, 1.82) is 0 Å². The highest BCUT2D eigenvalue weighted by molar-refractivity contribution is 7.13. The van der Waals surface area contributed by atoms with E-state index >= 15 is 0 Å². The average molecular weight is 243 g/mol. The van der Waals surface area contributed by atoms with Gasteiger partial charge in [-0.05, 0) is 27.7 Å². The van der Waals surface area contributed by atoms with Crippen molar-refractivity contribution < 1.29 is 9.53 Å². The van der Waals surface area contributed by atoms with Crippen molar-refractivity contribution in [3.05, 3.63) is 11.1 Å². The molecule has 0 unspecified atom stereocenters. The molecule has 0 saturated carbocycles. The van der Waals surface area contributed by atoms with Gasteiger partial charge in [0.05, 0.1) is 11.7 Å². The topological polar surface area (TPSA) is 77.2 Å². The summed E-state index contributed by atoms with van der Waals surface area (Å²) in [6, 6.07) is -0.205. The Balaban J connectivity index is 2.52. The second-order valence-corrected chi connectivity index (χ2v) is 5.37. The van der Waals surface area contributed by atoms with Crippen LogP contribution in [0.25, 0.3) is 0 Å². The Morgan fingerprint density at radius 3 is 2.69 bits per heavy atom. The lowest BCUT2D eigenvalue weighted by atomic mass is 10.2. The molecule has 0 saturated heterocycles. The molecule has 5 nitrogen and oxygen atoms in total. The van der Waals surface area contributed by atoms with Crippen LogP contribution in [0.15, 0.2) is 5.38 Å². The molecule has 1 heterocycles. The maximum absolute atomic E-state index is 11.5. The maximum atomic E-state index is 11.5. The highest BCUT2D eigenvalue weighted by Crippen LogP contribution is 2.18. The molecule has 1 rings (SSSR count). The molecule has 6 heteroatoms. The van der Waals surface area contributed by atoms with Crippen LogP contribution in [0.5, 0.6) is 0 Å². The van der Waals surface area contributed by atoms with E-state index in [4.69, 9.17) is 10.5 Å². The second kappa shape index (κ2) is 4.69. The predicted octanol–water partition coefficient (Wildman–Crippen LogP) is 2.31. The molecule has 0 bridgehead atoms. The first-order valence-electron chi connectivity index (χ1n) is 4.98. The van der Waals surface area contributed by atoms with Gasteiger partial charge in [0.1, 0.15) is 5.60 Å². The molecule has 0 fully saturated rings. The van der Waals surface area contributed by atoms with E-state index in [1.807, 2.05) is 33.1 Å². The molecule has 1 aromatic heterocycles. The van der Waals surface area contributed by atoms with Crippen LogP contribution in [0.4, 0.5) is 9.93 Å². The third kappa shape index (κ3) is 4.06. The van der Waals surface area contributed by atoms with Gasteiger partial charge in [-0.15, -0.1) is 11.3 Å². The number of hydrogen-bond donors (Lipinski definition) is 2. The van der Waals surface area contributed by atoms with E-state index in [0.29, 0.717) is 5.13 Å². The third-order valence-corrected chi connectivity index (χ3v) is 2.41. The molecule has 90 valence electrons. The number of amides is 1. The SMILES string of the molecule is C[C@@H](NC(=O)OC(C)(C)C)c1csc(N)n1. The first-order valence-corrected chi connectivity index (χ1v) is 5.86. The number of carbonyl (C=O) groups is 1. The maximum Gasteiger partial charge on any atom is 0.408 e. The first kappa shape index (κ1) is 12.8. The van der Waals surface area contributed by atoms with Crippen LogP contribution in [-0.4, -0.2) is 16.7 Å². The van der Waals surface area contributed by atoms with Gasteiger partial charge in [0.15, 0.2) is 5.13 Å². The third-order valence-electron chi connectivity index (χ3n) is 1.72. The molecular weight excluding hydrogens is 226 g/mol. The van der Waals surface area contributed by atoms with Crippen LogP contribution in [0, 0.1) is 0 Å².